The van der Waals surface area contributed by atoms with Gasteiger partial charge in [0, 0.05) is 5.56 Å². The van der Waals surface area contributed by atoms with Crippen LogP contribution < -0.4 is 19.5 Å². The van der Waals surface area contributed by atoms with E-state index in [2.05, 4.69) is 5.32 Å². The van der Waals surface area contributed by atoms with E-state index in [1.807, 2.05) is 25.1 Å². The zero-order chi connectivity index (χ0) is 16.2. The Labute approximate surface area is 135 Å². The van der Waals surface area contributed by atoms with Crippen LogP contribution in [-0.2, 0) is 0 Å². The van der Waals surface area contributed by atoms with Gasteiger partial charge in [-0.15, -0.1) is 0 Å². The molecule has 0 aromatic heterocycles. The first-order valence-corrected chi connectivity index (χ1v) is 7.52. The summed E-state index contributed by atoms with van der Waals surface area (Å²) in [6, 6.07) is 12.6. The minimum Gasteiger partial charge on any atom is -0.497 e. The van der Waals surface area contributed by atoms with Crippen molar-refractivity contribution in [3.63, 3.8) is 0 Å². The van der Waals surface area contributed by atoms with Crippen LogP contribution in [0.4, 0.5) is 0 Å². The Morgan fingerprint density at radius 3 is 2.70 bits per heavy atom. The van der Waals surface area contributed by atoms with Crippen LogP contribution in [0.1, 0.15) is 28.9 Å². The van der Waals surface area contributed by atoms with Crippen LogP contribution in [0.2, 0.25) is 0 Å². The largest absolute Gasteiger partial charge is 0.497 e. The van der Waals surface area contributed by atoms with E-state index in [-0.39, 0.29) is 11.9 Å². The first-order valence-electron chi connectivity index (χ1n) is 7.52. The number of carbonyl (C=O) groups is 1. The zero-order valence-corrected chi connectivity index (χ0v) is 13.2. The van der Waals surface area contributed by atoms with Gasteiger partial charge in [-0.05, 0) is 42.8 Å². The van der Waals surface area contributed by atoms with Crippen molar-refractivity contribution in [2.45, 2.75) is 13.0 Å². The summed E-state index contributed by atoms with van der Waals surface area (Å²) >= 11 is 0. The average molecular weight is 313 g/mol. The third kappa shape index (κ3) is 3.39. The van der Waals surface area contributed by atoms with Gasteiger partial charge in [0.1, 0.15) is 19.0 Å². The van der Waals surface area contributed by atoms with E-state index in [1.165, 1.54) is 0 Å². The number of amides is 1. The molecule has 23 heavy (non-hydrogen) atoms. The summed E-state index contributed by atoms with van der Waals surface area (Å²) in [5, 5.41) is 2.98. The van der Waals surface area contributed by atoms with Crippen LogP contribution in [0.25, 0.3) is 0 Å². The highest BCUT2D eigenvalue weighted by Crippen LogP contribution is 2.32. The van der Waals surface area contributed by atoms with Crippen LogP contribution in [0.5, 0.6) is 17.2 Å². The normalized spacial score (nSPS) is 14.0. The number of fused-ring (bicyclic) bond motifs is 1. The predicted molar refractivity (Wildman–Crippen MR) is 86.3 cm³/mol. The van der Waals surface area contributed by atoms with Gasteiger partial charge < -0.3 is 19.5 Å². The summed E-state index contributed by atoms with van der Waals surface area (Å²) in [7, 11) is 1.58. The molecule has 0 radical (unpaired) electrons. The van der Waals surface area contributed by atoms with Crippen molar-refractivity contribution in [2.24, 2.45) is 0 Å². The van der Waals surface area contributed by atoms with Crippen LogP contribution in [0, 0.1) is 0 Å². The van der Waals surface area contributed by atoms with E-state index >= 15 is 0 Å². The number of methoxy groups -OCH3 is 1. The smallest absolute Gasteiger partial charge is 0.251 e. The van der Waals surface area contributed by atoms with E-state index in [0.717, 1.165) is 17.1 Å². The number of rotatable bonds is 4. The number of nitrogens with one attached hydrogen (secondary N) is 1. The third-order valence-electron chi connectivity index (χ3n) is 3.75. The van der Waals surface area contributed by atoms with Crippen molar-refractivity contribution in [3.05, 3.63) is 53.6 Å². The highest BCUT2D eigenvalue weighted by Gasteiger charge is 2.16. The van der Waals surface area contributed by atoms with Gasteiger partial charge in [0.15, 0.2) is 11.5 Å². The molecular formula is C18H19NO4. The zero-order valence-electron chi connectivity index (χ0n) is 13.2. The lowest BCUT2D eigenvalue weighted by Gasteiger charge is -2.21. The van der Waals surface area contributed by atoms with Crippen LogP contribution in [0.3, 0.4) is 0 Å². The molecule has 0 bridgehead atoms. The topological polar surface area (TPSA) is 56.8 Å². The lowest BCUT2D eigenvalue weighted by molar-refractivity contribution is 0.0939. The van der Waals surface area contributed by atoms with Crippen molar-refractivity contribution < 1.29 is 19.0 Å². The molecular weight excluding hydrogens is 294 g/mol. The van der Waals surface area contributed by atoms with Gasteiger partial charge in [-0.25, -0.2) is 0 Å². The Kier molecular flexibility index (Phi) is 4.37. The molecule has 3 rings (SSSR count). The van der Waals surface area contributed by atoms with Crippen LogP contribution in [0.15, 0.2) is 42.5 Å². The highest BCUT2D eigenvalue weighted by atomic mass is 16.6. The van der Waals surface area contributed by atoms with E-state index in [4.69, 9.17) is 14.2 Å². The lowest BCUT2D eigenvalue weighted by Crippen LogP contribution is -2.26. The molecule has 1 atom stereocenters. The maximum atomic E-state index is 12.4. The average Bonchev–Trinajstić information content (AvgIpc) is 2.61. The number of ether oxygens (including phenoxy) is 3. The molecule has 0 spiro atoms. The summed E-state index contributed by atoms with van der Waals surface area (Å²) in [6.45, 7) is 3.04. The second kappa shape index (κ2) is 6.60. The molecule has 2 aromatic rings. The number of benzene rings is 2. The quantitative estimate of drug-likeness (QED) is 0.943. The van der Waals surface area contributed by atoms with E-state index < -0.39 is 0 Å². The minimum absolute atomic E-state index is 0.147. The fourth-order valence-electron chi connectivity index (χ4n) is 2.46. The van der Waals surface area contributed by atoms with Gasteiger partial charge in [0.2, 0.25) is 0 Å². The first-order chi connectivity index (χ1) is 11.2. The number of hydrogen-bond donors (Lipinski definition) is 1. The van der Waals surface area contributed by atoms with E-state index in [0.29, 0.717) is 24.5 Å². The number of carbonyl (C=O) groups excluding carboxylic acids is 1. The Morgan fingerprint density at radius 1 is 1.13 bits per heavy atom. The summed E-state index contributed by atoms with van der Waals surface area (Å²) in [4.78, 5) is 12.4. The Balaban J connectivity index is 1.73. The standard InChI is InChI=1S/C18H19NO4/c1-12(13-6-7-16-17(11-13)23-9-8-22-16)19-18(20)14-4-3-5-15(10-14)21-2/h3-7,10-12H,8-9H2,1-2H3,(H,19,20)/t12-/m1/s1. The van der Waals surface area contributed by atoms with Crippen LogP contribution in [-0.4, -0.2) is 26.2 Å². The van der Waals surface area contributed by atoms with Crippen molar-refractivity contribution in [1.29, 1.82) is 0 Å². The Hall–Kier alpha value is -2.69. The molecule has 0 saturated heterocycles. The summed E-state index contributed by atoms with van der Waals surface area (Å²) in [5.41, 5.74) is 1.53. The fraction of sp³-hybridized carbons (Fsp3) is 0.278. The SMILES string of the molecule is COc1cccc(C(=O)N[C@H](C)c2ccc3c(c2)OCCO3)c1. The maximum Gasteiger partial charge on any atom is 0.251 e. The first kappa shape index (κ1) is 15.2. The molecule has 120 valence electrons. The van der Waals surface area contributed by atoms with Crippen molar-refractivity contribution in [1.82, 2.24) is 5.32 Å². The summed E-state index contributed by atoms with van der Waals surface area (Å²) in [6.07, 6.45) is 0. The van der Waals surface area contributed by atoms with Crippen molar-refractivity contribution in [3.8, 4) is 17.2 Å². The monoisotopic (exact) mass is 313 g/mol. The van der Waals surface area contributed by atoms with E-state index in [9.17, 15) is 4.79 Å². The highest BCUT2D eigenvalue weighted by molar-refractivity contribution is 5.94. The van der Waals surface area contributed by atoms with Gasteiger partial charge >= 0.3 is 0 Å². The molecule has 1 amide bonds. The second-order valence-electron chi connectivity index (χ2n) is 5.33. The predicted octanol–water partition coefficient (Wildman–Crippen LogP) is 2.96. The second-order valence-corrected chi connectivity index (χ2v) is 5.33. The van der Waals surface area contributed by atoms with Gasteiger partial charge in [-0.2, -0.15) is 0 Å². The van der Waals surface area contributed by atoms with Crippen molar-refractivity contribution in [2.75, 3.05) is 20.3 Å². The van der Waals surface area contributed by atoms with Gasteiger partial charge in [0.25, 0.3) is 5.91 Å². The molecule has 0 unspecified atom stereocenters. The molecule has 5 nitrogen and oxygen atoms in total. The Bertz CT molecular complexity index is 714. The molecule has 2 aromatic carbocycles. The Morgan fingerprint density at radius 2 is 1.91 bits per heavy atom. The maximum absolute atomic E-state index is 12.4. The summed E-state index contributed by atoms with van der Waals surface area (Å²) < 4.78 is 16.2. The molecule has 1 heterocycles. The fourth-order valence-corrected chi connectivity index (χ4v) is 2.46. The molecule has 1 N–H and O–H groups in total. The van der Waals surface area contributed by atoms with E-state index in [1.54, 1.807) is 31.4 Å². The molecule has 0 saturated carbocycles. The number of hydrogen-bond acceptors (Lipinski definition) is 4. The van der Waals surface area contributed by atoms with Gasteiger partial charge in [0.05, 0.1) is 13.2 Å². The lowest BCUT2D eigenvalue weighted by atomic mass is 10.1. The van der Waals surface area contributed by atoms with Crippen LogP contribution >= 0.6 is 0 Å². The third-order valence-corrected chi connectivity index (χ3v) is 3.75. The molecule has 0 aliphatic carbocycles. The molecule has 5 heteroatoms. The summed E-state index contributed by atoms with van der Waals surface area (Å²) in [5.74, 6) is 1.97. The molecule has 1 aliphatic rings. The van der Waals surface area contributed by atoms with Gasteiger partial charge in [-0.1, -0.05) is 12.1 Å². The minimum atomic E-state index is -0.149. The molecule has 1 aliphatic heterocycles. The van der Waals surface area contributed by atoms with Gasteiger partial charge in [-0.3, -0.25) is 4.79 Å². The van der Waals surface area contributed by atoms with Crippen molar-refractivity contribution >= 4 is 5.91 Å². The molecule has 0 fully saturated rings.